The van der Waals surface area contributed by atoms with E-state index in [9.17, 15) is 4.79 Å². The number of esters is 1. The van der Waals surface area contributed by atoms with Gasteiger partial charge >= 0.3 is 5.97 Å². The SMILES string of the molecule is COc1c(Cl)ccc(Cl)c1C(=O)OCc1cccnc1. The minimum atomic E-state index is -0.599. The predicted octanol–water partition coefficient (Wildman–Crippen LogP) is 3.75. The Morgan fingerprint density at radius 2 is 2.00 bits per heavy atom. The van der Waals surface area contributed by atoms with Crippen LogP contribution in [0, 0.1) is 0 Å². The van der Waals surface area contributed by atoms with Crippen molar-refractivity contribution in [2.45, 2.75) is 6.61 Å². The number of carbonyl (C=O) groups is 1. The standard InChI is InChI=1S/C14H11Cl2NO3/c1-19-13-11(16)5-4-10(15)12(13)14(18)20-8-9-3-2-6-17-7-9/h2-7H,8H2,1H3. The first-order valence-electron chi connectivity index (χ1n) is 5.71. The highest BCUT2D eigenvalue weighted by atomic mass is 35.5. The zero-order chi connectivity index (χ0) is 14.5. The largest absolute Gasteiger partial charge is 0.494 e. The zero-order valence-electron chi connectivity index (χ0n) is 10.6. The normalized spacial score (nSPS) is 10.2. The van der Waals surface area contributed by atoms with Gasteiger partial charge < -0.3 is 9.47 Å². The van der Waals surface area contributed by atoms with E-state index in [1.165, 1.54) is 13.2 Å². The van der Waals surface area contributed by atoms with E-state index in [4.69, 9.17) is 32.7 Å². The number of aromatic nitrogens is 1. The van der Waals surface area contributed by atoms with Crippen LogP contribution in [0.15, 0.2) is 36.7 Å². The molecule has 1 aromatic heterocycles. The Labute approximate surface area is 126 Å². The molecule has 0 unspecified atom stereocenters. The number of hydrogen-bond donors (Lipinski definition) is 0. The summed E-state index contributed by atoms with van der Waals surface area (Å²) < 4.78 is 10.3. The van der Waals surface area contributed by atoms with Crippen molar-refractivity contribution in [2.24, 2.45) is 0 Å². The van der Waals surface area contributed by atoms with E-state index >= 15 is 0 Å². The van der Waals surface area contributed by atoms with Crippen LogP contribution in [-0.4, -0.2) is 18.1 Å². The van der Waals surface area contributed by atoms with Crippen LogP contribution >= 0.6 is 23.2 Å². The Morgan fingerprint density at radius 3 is 2.65 bits per heavy atom. The molecule has 0 aliphatic carbocycles. The van der Waals surface area contributed by atoms with Crippen molar-refractivity contribution in [2.75, 3.05) is 7.11 Å². The second kappa shape index (κ2) is 6.59. The number of rotatable bonds is 4. The Balaban J connectivity index is 2.19. The second-order valence-electron chi connectivity index (χ2n) is 3.87. The average molecular weight is 312 g/mol. The summed E-state index contributed by atoms with van der Waals surface area (Å²) in [4.78, 5) is 16.0. The smallest absolute Gasteiger partial charge is 0.343 e. The lowest BCUT2D eigenvalue weighted by atomic mass is 10.2. The van der Waals surface area contributed by atoms with Crippen molar-refractivity contribution in [1.82, 2.24) is 4.98 Å². The summed E-state index contributed by atoms with van der Waals surface area (Å²) in [6, 6.07) is 6.64. The average Bonchev–Trinajstić information content (AvgIpc) is 2.48. The zero-order valence-corrected chi connectivity index (χ0v) is 12.1. The van der Waals surface area contributed by atoms with Crippen LogP contribution in [0.3, 0.4) is 0 Å². The molecule has 2 rings (SSSR count). The Morgan fingerprint density at radius 1 is 1.25 bits per heavy atom. The molecule has 6 heteroatoms. The minimum absolute atomic E-state index is 0.0959. The van der Waals surface area contributed by atoms with Crippen molar-refractivity contribution in [3.05, 3.63) is 57.8 Å². The van der Waals surface area contributed by atoms with Gasteiger partial charge in [-0.2, -0.15) is 0 Å². The first-order chi connectivity index (χ1) is 9.63. The molecule has 1 heterocycles. The van der Waals surface area contributed by atoms with Crippen molar-refractivity contribution in [1.29, 1.82) is 0 Å². The maximum atomic E-state index is 12.1. The third-order valence-electron chi connectivity index (χ3n) is 2.56. The molecule has 0 N–H and O–H groups in total. The van der Waals surface area contributed by atoms with Gasteiger partial charge in [-0.05, 0) is 18.2 Å². The molecule has 0 fully saturated rings. The molecule has 4 nitrogen and oxygen atoms in total. The molecule has 1 aromatic carbocycles. The monoisotopic (exact) mass is 311 g/mol. The molecular formula is C14H11Cl2NO3. The molecule has 2 aromatic rings. The second-order valence-corrected chi connectivity index (χ2v) is 4.69. The number of methoxy groups -OCH3 is 1. The topological polar surface area (TPSA) is 48.4 Å². The predicted molar refractivity (Wildman–Crippen MR) is 76.4 cm³/mol. The van der Waals surface area contributed by atoms with Gasteiger partial charge in [-0.15, -0.1) is 0 Å². The van der Waals surface area contributed by atoms with E-state index in [0.29, 0.717) is 5.02 Å². The molecule has 0 aliphatic rings. The van der Waals surface area contributed by atoms with Gasteiger partial charge in [0.15, 0.2) is 5.75 Å². The maximum absolute atomic E-state index is 12.1. The van der Waals surface area contributed by atoms with Gasteiger partial charge in [0.25, 0.3) is 0 Å². The van der Waals surface area contributed by atoms with Gasteiger partial charge in [0.1, 0.15) is 12.2 Å². The maximum Gasteiger partial charge on any atom is 0.343 e. The van der Waals surface area contributed by atoms with Crippen LogP contribution < -0.4 is 4.74 Å². The Bertz CT molecular complexity index is 617. The number of ether oxygens (including phenoxy) is 2. The molecule has 0 amide bonds. The van der Waals surface area contributed by atoms with Crippen LogP contribution in [0.5, 0.6) is 5.75 Å². The lowest BCUT2D eigenvalue weighted by molar-refractivity contribution is 0.0469. The third kappa shape index (κ3) is 3.21. The number of nitrogens with zero attached hydrogens (tertiary/aromatic N) is 1. The quantitative estimate of drug-likeness (QED) is 0.807. The summed E-state index contributed by atoms with van der Waals surface area (Å²) in [6.45, 7) is 0.0959. The summed E-state index contributed by atoms with van der Waals surface area (Å²) in [5.41, 5.74) is 0.892. The molecule has 20 heavy (non-hydrogen) atoms. The van der Waals surface area contributed by atoms with E-state index < -0.39 is 5.97 Å². The van der Waals surface area contributed by atoms with E-state index in [1.807, 2.05) is 0 Å². The van der Waals surface area contributed by atoms with Gasteiger partial charge in [-0.25, -0.2) is 4.79 Å². The summed E-state index contributed by atoms with van der Waals surface area (Å²) in [5, 5.41) is 0.521. The first-order valence-corrected chi connectivity index (χ1v) is 6.47. The fourth-order valence-electron chi connectivity index (χ4n) is 1.63. The molecule has 0 aliphatic heterocycles. The molecule has 0 radical (unpaired) electrons. The summed E-state index contributed by atoms with van der Waals surface area (Å²) in [7, 11) is 1.41. The van der Waals surface area contributed by atoms with Gasteiger partial charge in [0.2, 0.25) is 0 Å². The van der Waals surface area contributed by atoms with E-state index in [2.05, 4.69) is 4.98 Å². The summed E-state index contributed by atoms with van der Waals surface area (Å²) in [6.07, 6.45) is 3.26. The van der Waals surface area contributed by atoms with E-state index in [-0.39, 0.29) is 22.9 Å². The molecule has 0 bridgehead atoms. The van der Waals surface area contributed by atoms with Crippen LogP contribution in [0.1, 0.15) is 15.9 Å². The molecule has 0 spiro atoms. The van der Waals surface area contributed by atoms with Crippen molar-refractivity contribution >= 4 is 29.2 Å². The van der Waals surface area contributed by atoms with Gasteiger partial charge in [-0.1, -0.05) is 29.3 Å². The molecule has 0 saturated carbocycles. The summed E-state index contributed by atoms with van der Waals surface area (Å²) >= 11 is 12.0. The van der Waals surface area contributed by atoms with E-state index in [1.54, 1.807) is 30.6 Å². The molecule has 0 atom stereocenters. The highest BCUT2D eigenvalue weighted by Crippen LogP contribution is 2.34. The van der Waals surface area contributed by atoms with Crippen molar-refractivity contribution in [3.8, 4) is 5.75 Å². The van der Waals surface area contributed by atoms with Crippen molar-refractivity contribution in [3.63, 3.8) is 0 Å². The first kappa shape index (κ1) is 14.6. The lowest BCUT2D eigenvalue weighted by Gasteiger charge is -2.11. The number of halogens is 2. The van der Waals surface area contributed by atoms with Gasteiger partial charge in [0, 0.05) is 18.0 Å². The summed E-state index contributed by atoms with van der Waals surface area (Å²) in [5.74, 6) is -0.395. The molecule has 104 valence electrons. The molecule has 0 saturated heterocycles. The minimum Gasteiger partial charge on any atom is -0.494 e. The van der Waals surface area contributed by atoms with Gasteiger partial charge in [-0.3, -0.25) is 4.98 Å². The lowest BCUT2D eigenvalue weighted by Crippen LogP contribution is -2.08. The Hall–Kier alpha value is -1.78. The van der Waals surface area contributed by atoms with Gasteiger partial charge in [0.05, 0.1) is 17.2 Å². The number of hydrogen-bond acceptors (Lipinski definition) is 4. The highest BCUT2D eigenvalue weighted by Gasteiger charge is 2.20. The molecular weight excluding hydrogens is 301 g/mol. The number of benzene rings is 1. The van der Waals surface area contributed by atoms with Crippen LogP contribution in [0.25, 0.3) is 0 Å². The highest BCUT2D eigenvalue weighted by molar-refractivity contribution is 6.37. The van der Waals surface area contributed by atoms with Crippen molar-refractivity contribution < 1.29 is 14.3 Å². The number of carbonyl (C=O) groups excluding carboxylic acids is 1. The fourth-order valence-corrected chi connectivity index (χ4v) is 2.09. The Kier molecular flexibility index (Phi) is 4.82. The fraction of sp³-hybridized carbons (Fsp3) is 0.143. The number of pyridine rings is 1. The van der Waals surface area contributed by atoms with E-state index in [0.717, 1.165) is 5.56 Å². The van der Waals surface area contributed by atoms with Crippen LogP contribution in [0.2, 0.25) is 10.0 Å². The third-order valence-corrected chi connectivity index (χ3v) is 3.17. The van der Waals surface area contributed by atoms with Crippen LogP contribution in [-0.2, 0) is 11.3 Å². The van der Waals surface area contributed by atoms with Crippen LogP contribution in [0.4, 0.5) is 0 Å².